The van der Waals surface area contributed by atoms with Crippen molar-refractivity contribution in [2.45, 2.75) is 23.9 Å². The predicted octanol–water partition coefficient (Wildman–Crippen LogP) is 5.14. The minimum atomic E-state index is -0.566. The highest BCUT2D eigenvalue weighted by atomic mass is 32.2. The first-order chi connectivity index (χ1) is 16.6. The number of aryl methyl sites for hydroxylation is 1. The van der Waals surface area contributed by atoms with E-state index in [1.54, 1.807) is 18.2 Å². The van der Waals surface area contributed by atoms with Gasteiger partial charge in [-0.15, -0.1) is 10.2 Å². The van der Waals surface area contributed by atoms with Crippen molar-refractivity contribution < 1.29 is 9.66 Å². The van der Waals surface area contributed by atoms with Gasteiger partial charge in [-0.3, -0.25) is 14.7 Å². The zero-order valence-electron chi connectivity index (χ0n) is 18.4. The molecular weight excluding hydrogens is 450 g/mol. The first-order valence-electron chi connectivity index (χ1n) is 10.5. The number of rotatable bonds is 9. The molecule has 0 saturated carbocycles. The molecule has 1 heterocycles. The van der Waals surface area contributed by atoms with Crippen LogP contribution in [0.3, 0.4) is 0 Å². The molecule has 4 rings (SSSR count). The largest absolute Gasteiger partial charge is 0.489 e. The van der Waals surface area contributed by atoms with Gasteiger partial charge in [-0.25, -0.2) is 0 Å². The summed E-state index contributed by atoms with van der Waals surface area (Å²) in [6.45, 7) is 1.70. The summed E-state index contributed by atoms with van der Waals surface area (Å²) in [5.74, 6) is 1.21. The third-order valence-electron chi connectivity index (χ3n) is 5.16. The lowest BCUT2D eigenvalue weighted by Gasteiger charge is -2.18. The topological polar surface area (TPSA) is 107 Å². The van der Waals surface area contributed by atoms with Gasteiger partial charge in [0.2, 0.25) is 6.54 Å². The average molecular weight is 472 g/mol. The maximum Gasteiger partial charge on any atom is 0.220 e. The van der Waals surface area contributed by atoms with Crippen LogP contribution in [0.15, 0.2) is 84.0 Å². The van der Waals surface area contributed by atoms with E-state index in [0.717, 1.165) is 11.3 Å². The Balaban J connectivity index is 1.65. The summed E-state index contributed by atoms with van der Waals surface area (Å²) < 4.78 is 7.94. The predicted molar refractivity (Wildman–Crippen MR) is 128 cm³/mol. The van der Waals surface area contributed by atoms with E-state index < -0.39 is 5.25 Å². The molecule has 1 aromatic heterocycles. The van der Waals surface area contributed by atoms with E-state index in [4.69, 9.17) is 4.74 Å². The Kier molecular flexibility index (Phi) is 7.20. The zero-order chi connectivity index (χ0) is 23.9. The molecule has 0 amide bonds. The fourth-order valence-corrected chi connectivity index (χ4v) is 4.75. The summed E-state index contributed by atoms with van der Waals surface area (Å²) >= 11 is 1.27. The number of para-hydroxylation sites is 2. The minimum absolute atomic E-state index is 0.176. The monoisotopic (exact) mass is 471 g/mol. The molecule has 0 aliphatic heterocycles. The highest BCUT2D eigenvalue weighted by molar-refractivity contribution is 7.99. The van der Waals surface area contributed by atoms with Crippen LogP contribution in [0.1, 0.15) is 27.8 Å². The second-order valence-corrected chi connectivity index (χ2v) is 8.59. The van der Waals surface area contributed by atoms with Crippen LogP contribution in [0.5, 0.6) is 5.75 Å². The van der Waals surface area contributed by atoms with Gasteiger partial charge >= 0.3 is 0 Å². The number of hydrogen-bond acceptors (Lipinski definition) is 7. The highest BCUT2D eigenvalue weighted by Crippen LogP contribution is 2.40. The van der Waals surface area contributed by atoms with Crippen molar-refractivity contribution in [3.63, 3.8) is 0 Å². The van der Waals surface area contributed by atoms with Gasteiger partial charge in [0.25, 0.3) is 0 Å². The number of thioether (sulfide) groups is 1. The van der Waals surface area contributed by atoms with E-state index in [1.165, 1.54) is 11.8 Å². The molecule has 0 N–H and O–H groups in total. The molecule has 4 aromatic rings. The molecule has 0 aliphatic carbocycles. The SMILES string of the molecule is Cc1nnc(S[C@@H](C[N+](=O)[O-])c2ccccc2OCc2ccccc2C#N)n1-c1ccccc1. The molecule has 0 saturated heterocycles. The fourth-order valence-electron chi connectivity index (χ4n) is 3.54. The number of benzene rings is 3. The van der Waals surface area contributed by atoms with E-state index in [-0.39, 0.29) is 18.1 Å². The molecule has 0 spiro atoms. The molecule has 34 heavy (non-hydrogen) atoms. The van der Waals surface area contributed by atoms with Gasteiger partial charge in [0.1, 0.15) is 23.4 Å². The van der Waals surface area contributed by atoms with Crippen molar-refractivity contribution in [3.05, 3.63) is 111 Å². The molecule has 0 aliphatic rings. The lowest BCUT2D eigenvalue weighted by molar-refractivity contribution is -0.479. The third-order valence-corrected chi connectivity index (χ3v) is 6.32. The fraction of sp³-hybridized carbons (Fsp3) is 0.160. The Morgan fingerprint density at radius 1 is 1.06 bits per heavy atom. The van der Waals surface area contributed by atoms with Crippen molar-refractivity contribution in [2.75, 3.05) is 6.54 Å². The summed E-state index contributed by atoms with van der Waals surface area (Å²) in [7, 11) is 0. The number of nitriles is 1. The second-order valence-electron chi connectivity index (χ2n) is 7.42. The highest BCUT2D eigenvalue weighted by Gasteiger charge is 2.26. The summed E-state index contributed by atoms with van der Waals surface area (Å²) in [6, 6.07) is 26.2. The summed E-state index contributed by atoms with van der Waals surface area (Å²) in [4.78, 5) is 11.2. The molecule has 1 atom stereocenters. The van der Waals surface area contributed by atoms with Crippen LogP contribution >= 0.6 is 11.8 Å². The standard InChI is InChI=1S/C25H21N5O3S/c1-18-27-28-25(30(18)21-11-3-2-4-12-21)34-24(16-29(31)32)22-13-7-8-14-23(22)33-17-20-10-6-5-9-19(20)15-26/h2-14,24H,16-17H2,1H3/t24-/m0/s1. The van der Waals surface area contributed by atoms with Gasteiger partial charge in [0.05, 0.1) is 11.6 Å². The molecule has 170 valence electrons. The van der Waals surface area contributed by atoms with E-state index in [9.17, 15) is 15.4 Å². The van der Waals surface area contributed by atoms with Gasteiger partial charge in [-0.2, -0.15) is 5.26 Å². The van der Waals surface area contributed by atoms with Crippen molar-refractivity contribution in [1.29, 1.82) is 5.26 Å². The van der Waals surface area contributed by atoms with E-state index in [2.05, 4.69) is 16.3 Å². The Morgan fingerprint density at radius 2 is 1.76 bits per heavy atom. The third kappa shape index (κ3) is 5.24. The van der Waals surface area contributed by atoms with Crippen LogP contribution in [0.4, 0.5) is 0 Å². The summed E-state index contributed by atoms with van der Waals surface area (Å²) in [6.07, 6.45) is 0. The van der Waals surface area contributed by atoms with Crippen LogP contribution in [0.2, 0.25) is 0 Å². The quantitative estimate of drug-likeness (QED) is 0.189. The Morgan fingerprint density at radius 3 is 2.53 bits per heavy atom. The molecule has 0 bridgehead atoms. The normalized spacial score (nSPS) is 11.5. The molecule has 0 fully saturated rings. The van der Waals surface area contributed by atoms with Gasteiger partial charge in [-0.1, -0.05) is 66.4 Å². The number of hydrogen-bond donors (Lipinski definition) is 0. The maximum absolute atomic E-state index is 11.6. The van der Waals surface area contributed by atoms with Crippen molar-refractivity contribution in [3.8, 4) is 17.5 Å². The Labute approximate surface area is 201 Å². The number of ether oxygens (including phenoxy) is 1. The lowest BCUT2D eigenvalue weighted by Crippen LogP contribution is -2.12. The van der Waals surface area contributed by atoms with E-state index in [0.29, 0.717) is 27.9 Å². The van der Waals surface area contributed by atoms with Gasteiger partial charge in [0.15, 0.2) is 5.16 Å². The minimum Gasteiger partial charge on any atom is -0.489 e. The van der Waals surface area contributed by atoms with Gasteiger partial charge in [0, 0.05) is 21.7 Å². The van der Waals surface area contributed by atoms with Gasteiger partial charge in [-0.05, 0) is 31.2 Å². The number of nitrogens with zero attached hydrogens (tertiary/aromatic N) is 5. The molecule has 0 radical (unpaired) electrons. The van der Waals surface area contributed by atoms with Gasteiger partial charge < -0.3 is 4.74 Å². The van der Waals surface area contributed by atoms with E-state index in [1.807, 2.05) is 72.2 Å². The maximum atomic E-state index is 11.6. The second kappa shape index (κ2) is 10.6. The van der Waals surface area contributed by atoms with Crippen LogP contribution in [0.25, 0.3) is 5.69 Å². The first kappa shape index (κ1) is 23.0. The molecule has 0 unspecified atom stereocenters. The first-order valence-corrected chi connectivity index (χ1v) is 11.4. The Bertz CT molecular complexity index is 1330. The summed E-state index contributed by atoms with van der Waals surface area (Å²) in [5, 5.41) is 29.4. The molecule has 8 nitrogen and oxygen atoms in total. The van der Waals surface area contributed by atoms with Crippen LogP contribution < -0.4 is 4.74 Å². The van der Waals surface area contributed by atoms with Crippen molar-refractivity contribution >= 4 is 11.8 Å². The van der Waals surface area contributed by atoms with Crippen molar-refractivity contribution in [1.82, 2.24) is 14.8 Å². The van der Waals surface area contributed by atoms with E-state index >= 15 is 0 Å². The Hall–Kier alpha value is -4.16. The average Bonchev–Trinajstić information content (AvgIpc) is 3.22. The number of aromatic nitrogens is 3. The van der Waals surface area contributed by atoms with Crippen LogP contribution in [-0.4, -0.2) is 26.2 Å². The molecular formula is C25H21N5O3S. The summed E-state index contributed by atoms with van der Waals surface area (Å²) in [5.41, 5.74) is 2.84. The smallest absolute Gasteiger partial charge is 0.220 e. The molecule has 9 heteroatoms. The van der Waals surface area contributed by atoms with Crippen molar-refractivity contribution in [2.24, 2.45) is 0 Å². The van der Waals surface area contributed by atoms with Crippen LogP contribution in [-0.2, 0) is 6.61 Å². The lowest BCUT2D eigenvalue weighted by atomic mass is 10.1. The van der Waals surface area contributed by atoms with Crippen LogP contribution in [0, 0.1) is 28.4 Å². The number of nitro groups is 1. The molecule has 3 aromatic carbocycles. The zero-order valence-corrected chi connectivity index (χ0v) is 19.2.